The molecule has 0 aliphatic heterocycles. The van der Waals surface area contributed by atoms with Crippen molar-refractivity contribution in [3.63, 3.8) is 0 Å². The van der Waals surface area contributed by atoms with Crippen molar-refractivity contribution in [2.24, 2.45) is 0 Å². The zero-order valence-corrected chi connectivity index (χ0v) is 19.0. The zero-order valence-electron chi connectivity index (χ0n) is 17.3. The van der Waals surface area contributed by atoms with Gasteiger partial charge in [-0.1, -0.05) is 0 Å². The van der Waals surface area contributed by atoms with E-state index in [4.69, 9.17) is 0 Å². The van der Waals surface area contributed by atoms with Crippen LogP contribution in [-0.4, -0.2) is 25.2 Å². The SMILES string of the molecule is Oc1ccc(CC([Se]C(Cc2ccc(O)cc2)c2ccccc2)c2ccccc2)cc1. The van der Waals surface area contributed by atoms with Crippen molar-refractivity contribution in [3.05, 3.63) is 131 Å². The first-order valence-corrected chi connectivity index (χ1v) is 12.5. The number of phenols is 2. The van der Waals surface area contributed by atoms with Crippen LogP contribution < -0.4 is 0 Å². The van der Waals surface area contributed by atoms with Gasteiger partial charge in [0, 0.05) is 0 Å². The Balaban J connectivity index is 1.64. The van der Waals surface area contributed by atoms with Gasteiger partial charge in [-0.05, 0) is 0 Å². The summed E-state index contributed by atoms with van der Waals surface area (Å²) in [4.78, 5) is 0.834. The van der Waals surface area contributed by atoms with Crippen molar-refractivity contribution in [3.8, 4) is 11.5 Å². The fourth-order valence-corrected chi connectivity index (χ4v) is 7.08. The summed E-state index contributed by atoms with van der Waals surface area (Å²) in [6.07, 6.45) is 1.90. The average molecular weight is 473 g/mol. The van der Waals surface area contributed by atoms with E-state index in [1.54, 1.807) is 24.3 Å². The number of rotatable bonds is 8. The van der Waals surface area contributed by atoms with Crippen molar-refractivity contribution >= 4 is 15.0 Å². The van der Waals surface area contributed by atoms with Crippen LogP contribution in [0.25, 0.3) is 0 Å². The fourth-order valence-electron chi connectivity index (χ4n) is 3.71. The van der Waals surface area contributed by atoms with E-state index in [2.05, 4.69) is 60.7 Å². The van der Waals surface area contributed by atoms with Crippen molar-refractivity contribution in [2.45, 2.75) is 22.5 Å². The Morgan fingerprint density at radius 3 is 1.19 bits per heavy atom. The Kier molecular flexibility index (Phi) is 7.09. The van der Waals surface area contributed by atoms with Gasteiger partial charge in [-0.3, -0.25) is 0 Å². The van der Waals surface area contributed by atoms with Crippen LogP contribution in [0, 0.1) is 0 Å². The monoisotopic (exact) mass is 474 g/mol. The summed E-state index contributed by atoms with van der Waals surface area (Å²) in [7, 11) is 0. The second kappa shape index (κ2) is 10.3. The molecule has 4 rings (SSSR count). The van der Waals surface area contributed by atoms with Crippen molar-refractivity contribution in [1.82, 2.24) is 0 Å². The first-order valence-electron chi connectivity index (χ1n) is 10.5. The summed E-state index contributed by atoms with van der Waals surface area (Å²) < 4.78 is 0. The molecule has 2 atom stereocenters. The third-order valence-electron chi connectivity index (χ3n) is 5.39. The molecular formula is C28H26O2Se. The average Bonchev–Trinajstić information content (AvgIpc) is 2.82. The molecule has 0 heterocycles. The van der Waals surface area contributed by atoms with Crippen LogP contribution in [-0.2, 0) is 12.8 Å². The summed E-state index contributed by atoms with van der Waals surface area (Å²) in [5.74, 6) is 0.611. The molecule has 0 aliphatic rings. The molecule has 0 spiro atoms. The summed E-state index contributed by atoms with van der Waals surface area (Å²) in [6.45, 7) is 0. The molecular weight excluding hydrogens is 447 g/mol. The van der Waals surface area contributed by atoms with Crippen molar-refractivity contribution < 1.29 is 10.2 Å². The predicted octanol–water partition coefficient (Wildman–Crippen LogP) is 6.07. The molecule has 2 unspecified atom stereocenters. The van der Waals surface area contributed by atoms with Crippen LogP contribution in [0.5, 0.6) is 11.5 Å². The minimum atomic E-state index is 0.290. The van der Waals surface area contributed by atoms with Gasteiger partial charge in [0.1, 0.15) is 0 Å². The summed E-state index contributed by atoms with van der Waals surface area (Å²) in [5, 5.41) is 19.3. The normalized spacial score (nSPS) is 12.9. The Hall–Kier alpha value is -3.00. The Morgan fingerprint density at radius 1 is 0.484 bits per heavy atom. The molecule has 0 aromatic heterocycles. The van der Waals surface area contributed by atoms with E-state index in [1.165, 1.54) is 22.3 Å². The van der Waals surface area contributed by atoms with Gasteiger partial charge in [0.05, 0.1) is 0 Å². The van der Waals surface area contributed by atoms with E-state index in [1.807, 2.05) is 24.3 Å². The molecule has 2 nitrogen and oxygen atoms in total. The van der Waals surface area contributed by atoms with Crippen LogP contribution in [0.1, 0.15) is 31.9 Å². The van der Waals surface area contributed by atoms with Crippen LogP contribution >= 0.6 is 0 Å². The van der Waals surface area contributed by atoms with Gasteiger partial charge in [0.15, 0.2) is 0 Å². The molecule has 156 valence electrons. The van der Waals surface area contributed by atoms with Gasteiger partial charge >= 0.3 is 191 Å². The number of hydrogen-bond acceptors (Lipinski definition) is 2. The molecule has 2 N–H and O–H groups in total. The zero-order chi connectivity index (χ0) is 21.5. The number of benzene rings is 4. The molecule has 0 saturated heterocycles. The quantitative estimate of drug-likeness (QED) is 0.305. The van der Waals surface area contributed by atoms with Gasteiger partial charge in [-0.15, -0.1) is 0 Å². The second-order valence-electron chi connectivity index (χ2n) is 7.68. The summed E-state index contributed by atoms with van der Waals surface area (Å²) >= 11 is 0.290. The Bertz CT molecular complexity index is 973. The first-order chi connectivity index (χ1) is 15.2. The maximum absolute atomic E-state index is 9.67. The molecule has 4 aromatic rings. The van der Waals surface area contributed by atoms with Crippen LogP contribution in [0.4, 0.5) is 0 Å². The van der Waals surface area contributed by atoms with Crippen LogP contribution in [0.15, 0.2) is 109 Å². The van der Waals surface area contributed by atoms with Crippen molar-refractivity contribution in [1.29, 1.82) is 0 Å². The second-order valence-corrected chi connectivity index (χ2v) is 10.6. The van der Waals surface area contributed by atoms with E-state index in [9.17, 15) is 10.2 Å². The van der Waals surface area contributed by atoms with Gasteiger partial charge in [0.25, 0.3) is 0 Å². The molecule has 31 heavy (non-hydrogen) atoms. The van der Waals surface area contributed by atoms with Crippen LogP contribution in [0.3, 0.4) is 0 Å². The minimum absolute atomic E-state index is 0.290. The molecule has 0 bridgehead atoms. The van der Waals surface area contributed by atoms with Crippen LogP contribution in [0.2, 0.25) is 0 Å². The van der Waals surface area contributed by atoms with Gasteiger partial charge in [0.2, 0.25) is 0 Å². The van der Waals surface area contributed by atoms with Gasteiger partial charge in [-0.2, -0.15) is 0 Å². The van der Waals surface area contributed by atoms with E-state index in [0.717, 1.165) is 12.8 Å². The predicted molar refractivity (Wildman–Crippen MR) is 128 cm³/mol. The van der Waals surface area contributed by atoms with E-state index in [0.29, 0.717) is 36.1 Å². The van der Waals surface area contributed by atoms with Crippen molar-refractivity contribution in [2.75, 3.05) is 0 Å². The van der Waals surface area contributed by atoms with Gasteiger partial charge in [-0.25, -0.2) is 0 Å². The molecule has 0 aliphatic carbocycles. The Labute approximate surface area is 190 Å². The van der Waals surface area contributed by atoms with E-state index < -0.39 is 0 Å². The molecule has 0 amide bonds. The number of aromatic hydroxyl groups is 2. The Morgan fingerprint density at radius 2 is 0.839 bits per heavy atom. The van der Waals surface area contributed by atoms with Gasteiger partial charge < -0.3 is 0 Å². The molecule has 4 aromatic carbocycles. The number of phenolic OH excluding ortho intramolecular Hbond substituents is 2. The number of hydrogen-bond donors (Lipinski definition) is 2. The molecule has 0 saturated carbocycles. The third-order valence-corrected chi connectivity index (χ3v) is 8.61. The van der Waals surface area contributed by atoms with E-state index in [-0.39, 0.29) is 0 Å². The first kappa shape index (κ1) is 21.2. The standard InChI is InChI=1S/C28H26O2Se/c29-25-15-11-21(12-16-25)19-27(23-7-3-1-4-8-23)31-28(24-9-5-2-6-10-24)20-22-13-17-26(30)18-14-22/h1-18,27-30H,19-20H2. The maximum atomic E-state index is 9.67. The fraction of sp³-hybridized carbons (Fsp3) is 0.143. The topological polar surface area (TPSA) is 40.5 Å². The third kappa shape index (κ3) is 6.01. The molecule has 0 fully saturated rings. The van der Waals surface area contributed by atoms with E-state index >= 15 is 0 Å². The molecule has 3 heteroatoms. The summed E-state index contributed by atoms with van der Waals surface area (Å²) in [6, 6.07) is 36.7. The molecule has 0 radical (unpaired) electrons. The summed E-state index contributed by atoms with van der Waals surface area (Å²) in [5.41, 5.74) is 5.21.